The Morgan fingerprint density at radius 3 is 1.98 bits per heavy atom. The molecule has 2 aliphatic heterocycles. The van der Waals surface area contributed by atoms with E-state index in [0.717, 1.165) is 12.8 Å². The van der Waals surface area contributed by atoms with E-state index in [1.54, 1.807) is 0 Å². The summed E-state index contributed by atoms with van der Waals surface area (Å²) in [7, 11) is 1.39. The Labute approximate surface area is 351 Å². The summed E-state index contributed by atoms with van der Waals surface area (Å²) in [5, 5.41) is 120. The van der Waals surface area contributed by atoms with Crippen LogP contribution in [0, 0.1) is 50.2 Å². The fourth-order valence-corrected chi connectivity index (χ4v) is 14.0. The lowest BCUT2D eigenvalue weighted by Gasteiger charge is -2.72. The number of carbonyl (C=O) groups excluding carboxylic acids is 1. The van der Waals surface area contributed by atoms with Crippen molar-refractivity contribution in [2.24, 2.45) is 50.2 Å². The van der Waals surface area contributed by atoms with Crippen LogP contribution in [-0.2, 0) is 28.5 Å². The van der Waals surface area contributed by atoms with E-state index >= 15 is 0 Å². The Morgan fingerprint density at radius 2 is 1.37 bits per heavy atom. The first-order valence-electron chi connectivity index (χ1n) is 21.7. The van der Waals surface area contributed by atoms with Crippen LogP contribution in [-0.4, -0.2) is 175 Å². The van der Waals surface area contributed by atoms with Crippen LogP contribution in [0.15, 0.2) is 11.6 Å². The van der Waals surface area contributed by atoms with Crippen molar-refractivity contribution in [3.05, 3.63) is 11.6 Å². The van der Waals surface area contributed by atoms with E-state index in [9.17, 15) is 61.0 Å². The first kappa shape index (κ1) is 46.6. The van der Waals surface area contributed by atoms with Crippen molar-refractivity contribution in [3.8, 4) is 0 Å². The van der Waals surface area contributed by atoms with Crippen molar-refractivity contribution in [2.75, 3.05) is 33.5 Å². The van der Waals surface area contributed by atoms with Gasteiger partial charge in [0.2, 0.25) is 0 Å². The first-order valence-corrected chi connectivity index (χ1v) is 21.7. The highest BCUT2D eigenvalue weighted by Crippen LogP contribution is 2.76. The number of allylic oxidation sites excluding steroid dienone is 2. The summed E-state index contributed by atoms with van der Waals surface area (Å²) in [5.74, 6) is -1.13. The average molecular weight is 859 g/mol. The number of ether oxygens (including phenoxy) is 5. The van der Waals surface area contributed by atoms with Crippen LogP contribution < -0.4 is 0 Å². The van der Waals surface area contributed by atoms with E-state index in [-0.39, 0.29) is 29.6 Å². The van der Waals surface area contributed by atoms with Gasteiger partial charge < -0.3 is 79.9 Å². The fraction of sp³-hybridized carbons (Fsp3) is 0.930. The van der Waals surface area contributed by atoms with Gasteiger partial charge in [0.25, 0.3) is 0 Å². The Hall–Kier alpha value is -1.39. The van der Waals surface area contributed by atoms with Crippen molar-refractivity contribution in [1.82, 2.24) is 0 Å². The number of esters is 1. The molecule has 17 heteroatoms. The summed E-state index contributed by atoms with van der Waals surface area (Å²) in [4.78, 5) is 13.7. The standard InChI is InChI=1S/C43H70O17/c1-38(2)11-12-43(37(55)56-6)21(13-38)20-7-8-25-39(3)14-22(47)34(42(18-45,19-46)26(39)9-10-40(25,4)41(20,5)15-27(43)48)60-36-33(54)31(52)29(50)24(59-36)17-57-35-32(53)30(51)28(49)23(16-44)58-35/h7,21-36,44-54H,8-19H2,1-6H3/t21-,22-,23+,24+,25+,26+,27+,28+,29+,30-,31-,32+,33+,34-,35+,36-,39+,40+,41+,43+/m0/s1. The van der Waals surface area contributed by atoms with Gasteiger partial charge in [-0.25, -0.2) is 0 Å². The second-order valence-electron chi connectivity index (χ2n) is 20.9. The van der Waals surface area contributed by atoms with Gasteiger partial charge in [0, 0.05) is 5.41 Å². The molecule has 0 spiro atoms. The maximum absolute atomic E-state index is 13.7. The van der Waals surface area contributed by atoms with E-state index < -0.39 is 139 Å². The van der Waals surface area contributed by atoms with Crippen LogP contribution in [0.5, 0.6) is 0 Å². The molecule has 0 aromatic rings. The van der Waals surface area contributed by atoms with E-state index in [1.807, 2.05) is 0 Å². The number of fused-ring (bicyclic) bond motifs is 7. The van der Waals surface area contributed by atoms with Crippen LogP contribution in [0.2, 0.25) is 0 Å². The number of methoxy groups -OCH3 is 1. The van der Waals surface area contributed by atoms with Crippen LogP contribution in [0.3, 0.4) is 0 Å². The van der Waals surface area contributed by atoms with Crippen LogP contribution in [0.25, 0.3) is 0 Å². The Kier molecular flexibility index (Phi) is 12.6. The minimum atomic E-state index is -1.85. The summed E-state index contributed by atoms with van der Waals surface area (Å²) in [6, 6.07) is 0. The van der Waals surface area contributed by atoms with Gasteiger partial charge in [-0.1, -0.05) is 46.3 Å². The second-order valence-corrected chi connectivity index (χ2v) is 20.9. The van der Waals surface area contributed by atoms with Crippen LogP contribution in [0.1, 0.15) is 86.0 Å². The maximum Gasteiger partial charge on any atom is 0.315 e. The Bertz CT molecular complexity index is 1600. The lowest BCUT2D eigenvalue weighted by molar-refractivity contribution is -0.358. The molecule has 0 aromatic heterocycles. The van der Waals surface area contributed by atoms with Crippen molar-refractivity contribution in [2.45, 2.75) is 166 Å². The highest BCUT2D eigenvalue weighted by Gasteiger charge is 2.73. The minimum Gasteiger partial charge on any atom is -0.468 e. The summed E-state index contributed by atoms with van der Waals surface area (Å²) in [6.45, 7) is 8.44. The molecule has 7 rings (SSSR count). The fourth-order valence-electron chi connectivity index (χ4n) is 14.0. The quantitative estimate of drug-likeness (QED) is 0.0742. The number of hydrogen-bond donors (Lipinski definition) is 11. The number of carbonyl (C=O) groups is 1. The van der Waals surface area contributed by atoms with Crippen molar-refractivity contribution >= 4 is 5.97 Å². The molecule has 4 saturated carbocycles. The van der Waals surface area contributed by atoms with Crippen molar-refractivity contribution in [3.63, 3.8) is 0 Å². The predicted molar refractivity (Wildman–Crippen MR) is 208 cm³/mol. The normalized spacial score (nSPS) is 52.2. The number of rotatable bonds is 9. The van der Waals surface area contributed by atoms with E-state index in [1.165, 1.54) is 12.7 Å². The average Bonchev–Trinajstić information content (AvgIpc) is 3.20. The predicted octanol–water partition coefficient (Wildman–Crippen LogP) is -1.14. The van der Waals surface area contributed by atoms with Gasteiger partial charge in [-0.3, -0.25) is 4.79 Å². The molecule has 5 aliphatic carbocycles. The molecular weight excluding hydrogens is 788 g/mol. The number of hydrogen-bond acceptors (Lipinski definition) is 17. The molecule has 2 heterocycles. The molecule has 17 nitrogen and oxygen atoms in total. The highest BCUT2D eigenvalue weighted by molar-refractivity contribution is 5.79. The summed E-state index contributed by atoms with van der Waals surface area (Å²) in [6.07, 6.45) is -13.6. The molecule has 0 amide bonds. The van der Waals surface area contributed by atoms with E-state index in [0.29, 0.717) is 32.1 Å². The van der Waals surface area contributed by atoms with Crippen LogP contribution >= 0.6 is 0 Å². The second kappa shape index (κ2) is 16.2. The third-order valence-corrected chi connectivity index (χ3v) is 17.6. The molecule has 0 radical (unpaired) electrons. The SMILES string of the molecule is COC(=O)[C@]12CCC(C)(C)C[C@H]1C1=CC[C@@H]3[C@@]4(C)C[C@H](O)[C@H](O[C@@H]5O[C@H](CO[C@@H]6O[C@H](CO)[C@@H](O)[C@H](O)[C@H]6O)[C@@H](O)[C@H](O)[C@H]5O)C(CO)(CO)[C@@H]4CC[C@@]3(C)[C@]1(C)C[C@H]2O. The third kappa shape index (κ3) is 6.70. The maximum atomic E-state index is 13.7. The van der Waals surface area contributed by atoms with E-state index in [4.69, 9.17) is 23.7 Å². The highest BCUT2D eigenvalue weighted by atomic mass is 16.7. The van der Waals surface area contributed by atoms with Gasteiger partial charge in [0.1, 0.15) is 54.2 Å². The summed E-state index contributed by atoms with van der Waals surface area (Å²) < 4.78 is 28.6. The molecular formula is C43H70O17. The molecule has 7 aliphatic rings. The molecule has 0 bridgehead atoms. The van der Waals surface area contributed by atoms with Gasteiger partial charge in [-0.2, -0.15) is 0 Å². The monoisotopic (exact) mass is 858 g/mol. The third-order valence-electron chi connectivity index (χ3n) is 17.6. The smallest absolute Gasteiger partial charge is 0.315 e. The molecule has 2 saturated heterocycles. The zero-order valence-electron chi connectivity index (χ0n) is 35.7. The molecule has 344 valence electrons. The number of aliphatic hydroxyl groups is 11. The van der Waals surface area contributed by atoms with E-state index in [2.05, 4.69) is 40.7 Å². The topological polar surface area (TPSA) is 286 Å². The Balaban J connectivity index is 1.16. The minimum absolute atomic E-state index is 0.0617. The van der Waals surface area contributed by atoms with Crippen molar-refractivity contribution in [1.29, 1.82) is 0 Å². The first-order chi connectivity index (χ1) is 28.1. The van der Waals surface area contributed by atoms with Gasteiger partial charge in [0.05, 0.1) is 51.8 Å². The zero-order chi connectivity index (χ0) is 44.1. The molecule has 0 unspecified atom stereocenters. The van der Waals surface area contributed by atoms with Gasteiger partial charge in [0.15, 0.2) is 12.6 Å². The largest absolute Gasteiger partial charge is 0.468 e. The molecule has 20 atom stereocenters. The molecule has 6 fully saturated rings. The molecule has 60 heavy (non-hydrogen) atoms. The lowest BCUT2D eigenvalue weighted by Crippen LogP contribution is -2.71. The zero-order valence-corrected chi connectivity index (χ0v) is 35.7. The van der Waals surface area contributed by atoms with Gasteiger partial charge in [-0.05, 0) is 90.8 Å². The number of aliphatic hydroxyl groups excluding tert-OH is 11. The summed E-state index contributed by atoms with van der Waals surface area (Å²) in [5.41, 5.74) is -3.09. The van der Waals surface area contributed by atoms with Gasteiger partial charge in [-0.15, -0.1) is 0 Å². The summed E-state index contributed by atoms with van der Waals surface area (Å²) >= 11 is 0. The Morgan fingerprint density at radius 1 is 0.750 bits per heavy atom. The van der Waals surface area contributed by atoms with Crippen molar-refractivity contribution < 1.29 is 84.7 Å². The van der Waals surface area contributed by atoms with Gasteiger partial charge >= 0.3 is 5.97 Å². The lowest BCUT2D eigenvalue weighted by atomic mass is 9.33. The molecule has 11 N–H and O–H groups in total. The van der Waals surface area contributed by atoms with Crippen LogP contribution in [0.4, 0.5) is 0 Å². The molecule has 0 aromatic carbocycles.